The van der Waals surface area contributed by atoms with Crippen LogP contribution < -0.4 is 4.74 Å². The number of hydrogen-bond donors (Lipinski definition) is 0. The van der Waals surface area contributed by atoms with E-state index >= 15 is 0 Å². The van der Waals surface area contributed by atoms with E-state index < -0.39 is 0 Å². The van der Waals surface area contributed by atoms with Crippen molar-refractivity contribution in [1.29, 1.82) is 0 Å². The molecule has 0 spiro atoms. The maximum atomic E-state index is 5.21. The Morgan fingerprint density at radius 3 is 2.73 bits per heavy atom. The highest BCUT2D eigenvalue weighted by molar-refractivity contribution is 9.13. The average Bonchev–Trinajstić information content (AvgIpc) is 2.75. The largest absolute Gasteiger partial charge is 0.448 e. The van der Waals surface area contributed by atoms with Crippen molar-refractivity contribution in [3.63, 3.8) is 0 Å². The van der Waals surface area contributed by atoms with Gasteiger partial charge < -0.3 is 4.74 Å². The van der Waals surface area contributed by atoms with Crippen LogP contribution in [-0.4, -0.2) is 0 Å². The zero-order valence-electron chi connectivity index (χ0n) is 5.95. The average molecular weight is 278 g/mol. The molecule has 1 aliphatic heterocycles. The van der Waals surface area contributed by atoms with Gasteiger partial charge in [0.1, 0.15) is 0 Å². The molecule has 0 aromatic heterocycles. The van der Waals surface area contributed by atoms with Crippen LogP contribution in [0.25, 0.3) is 0 Å². The predicted molar refractivity (Wildman–Crippen MR) is 51.3 cm³/mol. The van der Waals surface area contributed by atoms with Gasteiger partial charge >= 0.3 is 0 Å². The summed E-state index contributed by atoms with van der Waals surface area (Å²) in [6.07, 6.45) is 1.02. The normalized spacial score (nSPS) is 12.3. The highest BCUT2D eigenvalue weighted by atomic mass is 79.9. The summed E-state index contributed by atoms with van der Waals surface area (Å²) in [4.78, 5) is 0. The first-order valence-corrected chi connectivity index (χ1v) is 5.01. The molecule has 2 rings (SSSR count). The van der Waals surface area contributed by atoms with E-state index in [1.165, 1.54) is 5.56 Å². The maximum Gasteiger partial charge on any atom is 0.185 e. The summed E-state index contributed by atoms with van der Waals surface area (Å²) in [5.41, 5.74) is 1.29. The van der Waals surface area contributed by atoms with Gasteiger partial charge in [-0.3, -0.25) is 0 Å². The van der Waals surface area contributed by atoms with Crippen molar-refractivity contribution in [2.75, 3.05) is 0 Å². The van der Waals surface area contributed by atoms with E-state index in [2.05, 4.69) is 44.8 Å². The van der Waals surface area contributed by atoms with Crippen molar-refractivity contribution in [2.45, 2.75) is 13.3 Å². The van der Waals surface area contributed by atoms with E-state index in [1.807, 2.05) is 0 Å². The molecule has 0 N–H and O–H groups in total. The molecule has 0 saturated carbocycles. The number of benzene rings is 1. The number of aryl methyl sites for hydroxylation is 1. The Hall–Kier alpha value is -0.0200. The fourth-order valence-corrected chi connectivity index (χ4v) is 2.16. The van der Waals surface area contributed by atoms with Crippen LogP contribution in [0.4, 0.5) is 0 Å². The summed E-state index contributed by atoms with van der Waals surface area (Å²) in [6, 6.07) is 2.07. The first-order chi connectivity index (χ1) is 5.24. The van der Waals surface area contributed by atoms with Crippen LogP contribution in [-0.2, 0) is 6.42 Å². The topological polar surface area (TPSA) is 12.5 Å². The minimum Gasteiger partial charge on any atom is -0.448 e. The standard InChI is InChI=1S/C8H6Br2O/c1-2-4-3-5-8(11-5)7(10)6(4)9/h3H,2H2,1H3. The molecule has 0 atom stereocenters. The van der Waals surface area contributed by atoms with Gasteiger partial charge in [0.25, 0.3) is 0 Å². The van der Waals surface area contributed by atoms with Gasteiger partial charge in [-0.1, -0.05) is 6.92 Å². The number of hydrogen-bond acceptors (Lipinski definition) is 1. The van der Waals surface area contributed by atoms with Crippen LogP contribution in [0, 0.1) is 0 Å². The molecule has 0 radical (unpaired) electrons. The molecule has 11 heavy (non-hydrogen) atoms. The Bertz CT molecular complexity index is 320. The first-order valence-electron chi connectivity index (χ1n) is 3.42. The lowest BCUT2D eigenvalue weighted by Crippen LogP contribution is -1.78. The monoisotopic (exact) mass is 276 g/mol. The van der Waals surface area contributed by atoms with Gasteiger partial charge in [0, 0.05) is 4.47 Å². The molecule has 0 fully saturated rings. The van der Waals surface area contributed by atoms with Crippen molar-refractivity contribution in [3.05, 3.63) is 20.6 Å². The molecule has 1 heterocycles. The molecule has 3 heteroatoms. The van der Waals surface area contributed by atoms with Crippen LogP contribution in [0.1, 0.15) is 12.5 Å². The Labute approximate surface area is 82.0 Å². The van der Waals surface area contributed by atoms with Gasteiger partial charge in [0.15, 0.2) is 11.5 Å². The molecule has 58 valence electrons. The fraction of sp³-hybridized carbons (Fsp3) is 0.250. The lowest BCUT2D eigenvalue weighted by atomic mass is 10.2. The summed E-state index contributed by atoms with van der Waals surface area (Å²) in [5, 5.41) is 0. The van der Waals surface area contributed by atoms with E-state index in [0.717, 1.165) is 26.9 Å². The number of fused-ring (bicyclic) bond motifs is 1. The molecular formula is C8H6Br2O. The molecule has 0 bridgehead atoms. The van der Waals surface area contributed by atoms with E-state index in [0.29, 0.717) is 0 Å². The van der Waals surface area contributed by atoms with E-state index in [-0.39, 0.29) is 0 Å². The Balaban J connectivity index is 2.61. The van der Waals surface area contributed by atoms with Gasteiger partial charge in [-0.15, -0.1) is 0 Å². The van der Waals surface area contributed by atoms with Crippen molar-refractivity contribution < 1.29 is 4.74 Å². The highest BCUT2D eigenvalue weighted by Crippen LogP contribution is 2.54. The lowest BCUT2D eigenvalue weighted by molar-refractivity contribution is 0.647. The Morgan fingerprint density at radius 2 is 2.09 bits per heavy atom. The molecule has 0 aliphatic carbocycles. The molecule has 0 unspecified atom stereocenters. The van der Waals surface area contributed by atoms with Crippen LogP contribution in [0.3, 0.4) is 0 Å². The minimum absolute atomic E-state index is 0.981. The van der Waals surface area contributed by atoms with Crippen molar-refractivity contribution in [2.24, 2.45) is 0 Å². The molecule has 1 aromatic rings. The smallest absolute Gasteiger partial charge is 0.185 e. The predicted octanol–water partition coefficient (Wildman–Crippen LogP) is 3.88. The molecule has 0 saturated heterocycles. The summed E-state index contributed by atoms with van der Waals surface area (Å²) >= 11 is 6.95. The summed E-state index contributed by atoms with van der Waals surface area (Å²) in [5.74, 6) is 1.99. The summed E-state index contributed by atoms with van der Waals surface area (Å²) in [6.45, 7) is 2.13. The minimum atomic E-state index is 0.981. The summed E-state index contributed by atoms with van der Waals surface area (Å²) in [7, 11) is 0. The first kappa shape index (κ1) is 7.62. The second kappa shape index (κ2) is 2.49. The SMILES string of the molecule is CCc1cc2c(c(Br)c1Br)O2. The van der Waals surface area contributed by atoms with Crippen molar-refractivity contribution in [3.8, 4) is 11.5 Å². The molecule has 1 aromatic carbocycles. The van der Waals surface area contributed by atoms with Gasteiger partial charge in [0.05, 0.1) is 4.47 Å². The third-order valence-corrected chi connectivity index (χ3v) is 3.95. The molecule has 0 amide bonds. The van der Waals surface area contributed by atoms with Crippen molar-refractivity contribution in [1.82, 2.24) is 0 Å². The van der Waals surface area contributed by atoms with Crippen LogP contribution in [0.15, 0.2) is 15.0 Å². The lowest BCUT2D eigenvalue weighted by Gasteiger charge is -1.97. The highest BCUT2D eigenvalue weighted by Gasteiger charge is 2.27. The summed E-state index contributed by atoms with van der Waals surface area (Å²) < 4.78 is 7.38. The number of ether oxygens (including phenoxy) is 1. The zero-order valence-corrected chi connectivity index (χ0v) is 9.12. The van der Waals surface area contributed by atoms with Crippen molar-refractivity contribution >= 4 is 31.9 Å². The third kappa shape index (κ3) is 1.11. The Kier molecular flexibility index (Phi) is 1.72. The molecule has 1 aliphatic rings. The second-order valence-corrected chi connectivity index (χ2v) is 4.03. The van der Waals surface area contributed by atoms with E-state index in [1.54, 1.807) is 0 Å². The maximum absolute atomic E-state index is 5.21. The molecular weight excluding hydrogens is 272 g/mol. The number of rotatable bonds is 1. The van der Waals surface area contributed by atoms with E-state index in [4.69, 9.17) is 4.74 Å². The van der Waals surface area contributed by atoms with Crippen LogP contribution >= 0.6 is 31.9 Å². The van der Waals surface area contributed by atoms with Gasteiger partial charge in [-0.25, -0.2) is 0 Å². The Morgan fingerprint density at radius 1 is 1.36 bits per heavy atom. The van der Waals surface area contributed by atoms with E-state index in [9.17, 15) is 0 Å². The fourth-order valence-electron chi connectivity index (χ4n) is 1.05. The second-order valence-electron chi connectivity index (χ2n) is 2.45. The zero-order chi connectivity index (χ0) is 8.01. The van der Waals surface area contributed by atoms with Crippen LogP contribution in [0.5, 0.6) is 11.5 Å². The quantitative estimate of drug-likeness (QED) is 0.721. The van der Waals surface area contributed by atoms with Gasteiger partial charge in [0.2, 0.25) is 0 Å². The molecule has 1 nitrogen and oxygen atoms in total. The van der Waals surface area contributed by atoms with Gasteiger partial charge in [-0.2, -0.15) is 0 Å². The van der Waals surface area contributed by atoms with Crippen LogP contribution in [0.2, 0.25) is 0 Å². The van der Waals surface area contributed by atoms with Gasteiger partial charge in [-0.05, 0) is 49.9 Å². The third-order valence-electron chi connectivity index (χ3n) is 1.75. The number of halogens is 2.